The number of amides is 1. The van der Waals surface area contributed by atoms with Crippen molar-refractivity contribution in [1.29, 1.82) is 0 Å². The Morgan fingerprint density at radius 2 is 1.05 bits per heavy atom. The van der Waals surface area contributed by atoms with E-state index in [1.54, 1.807) is 0 Å². The van der Waals surface area contributed by atoms with Crippen LogP contribution in [0.5, 0.6) is 0 Å². The minimum absolute atomic E-state index is 0. The average Bonchev–Trinajstić information content (AvgIpc) is 2.83. The first-order valence-electron chi connectivity index (χ1n) is 15.0. The Morgan fingerprint density at radius 1 is 0.641 bits per heavy atom. The SMILES string of the molecule is CN(C)CCCCC(=O)CCCCCCCC(CCCCCCCCC(=O)NCCCN(C)C)S(=O)(=O)[O-].[Na+]. The molecular weight excluding hydrogens is 525 g/mol. The van der Waals surface area contributed by atoms with Gasteiger partial charge in [0.1, 0.15) is 5.78 Å². The first-order chi connectivity index (χ1) is 18.0. The second-order valence-corrected chi connectivity index (χ2v) is 13.0. The Hall–Kier alpha value is -0.0300. The van der Waals surface area contributed by atoms with E-state index in [2.05, 4.69) is 15.1 Å². The first kappa shape index (κ1) is 41.1. The molecule has 8 nitrogen and oxygen atoms in total. The summed E-state index contributed by atoms with van der Waals surface area (Å²) in [6.45, 7) is 2.71. The molecule has 0 saturated carbocycles. The Morgan fingerprint density at radius 3 is 1.54 bits per heavy atom. The van der Waals surface area contributed by atoms with Crippen LogP contribution in [0.25, 0.3) is 0 Å². The molecule has 226 valence electrons. The van der Waals surface area contributed by atoms with Gasteiger partial charge >= 0.3 is 29.6 Å². The molecule has 0 spiro atoms. The number of unbranched alkanes of at least 4 members (excludes halogenated alkanes) is 10. The van der Waals surface area contributed by atoms with Gasteiger partial charge in [-0.2, -0.15) is 0 Å². The van der Waals surface area contributed by atoms with Crippen molar-refractivity contribution in [3.8, 4) is 0 Å². The number of hydrogen-bond donors (Lipinski definition) is 1. The van der Waals surface area contributed by atoms with E-state index in [0.717, 1.165) is 110 Å². The minimum Gasteiger partial charge on any atom is -0.748 e. The van der Waals surface area contributed by atoms with Crippen molar-refractivity contribution in [2.75, 3.05) is 47.8 Å². The third-order valence-electron chi connectivity index (χ3n) is 6.99. The molecule has 0 aliphatic rings. The average molecular weight is 584 g/mol. The molecular formula is C29H58N3NaO5S. The summed E-state index contributed by atoms with van der Waals surface area (Å²) in [6.07, 6.45) is 15.9. The zero-order valence-corrected chi connectivity index (χ0v) is 28.8. The number of hydrogen-bond acceptors (Lipinski definition) is 7. The van der Waals surface area contributed by atoms with E-state index >= 15 is 0 Å². The molecule has 0 fully saturated rings. The van der Waals surface area contributed by atoms with Crippen molar-refractivity contribution < 1.29 is 52.1 Å². The van der Waals surface area contributed by atoms with Gasteiger partial charge in [-0.1, -0.05) is 57.8 Å². The number of nitrogens with zero attached hydrogens (tertiary/aromatic N) is 2. The maximum Gasteiger partial charge on any atom is 1.00 e. The normalized spacial score (nSPS) is 12.5. The topological polar surface area (TPSA) is 110 Å². The largest absolute Gasteiger partial charge is 1.00 e. The van der Waals surface area contributed by atoms with E-state index in [1.165, 1.54) is 0 Å². The van der Waals surface area contributed by atoms with Crippen LogP contribution in [0.15, 0.2) is 0 Å². The van der Waals surface area contributed by atoms with Crippen molar-refractivity contribution in [2.24, 2.45) is 0 Å². The van der Waals surface area contributed by atoms with Crippen LogP contribution < -0.4 is 34.9 Å². The maximum atomic E-state index is 11.9. The fraction of sp³-hybridized carbons (Fsp3) is 0.931. The van der Waals surface area contributed by atoms with E-state index in [-0.39, 0.29) is 35.5 Å². The van der Waals surface area contributed by atoms with Crippen molar-refractivity contribution in [3.05, 3.63) is 0 Å². The molecule has 0 radical (unpaired) electrons. The zero-order chi connectivity index (χ0) is 28.7. The zero-order valence-electron chi connectivity index (χ0n) is 26.0. The second kappa shape index (κ2) is 26.8. The van der Waals surface area contributed by atoms with Gasteiger partial charge in [0.05, 0.1) is 10.1 Å². The van der Waals surface area contributed by atoms with Gasteiger partial charge in [0.25, 0.3) is 0 Å². The fourth-order valence-corrected chi connectivity index (χ4v) is 5.52. The summed E-state index contributed by atoms with van der Waals surface area (Å²) in [7, 11) is 3.86. The predicted octanol–water partition coefficient (Wildman–Crippen LogP) is 2.12. The second-order valence-electron chi connectivity index (χ2n) is 11.4. The predicted molar refractivity (Wildman–Crippen MR) is 156 cm³/mol. The summed E-state index contributed by atoms with van der Waals surface area (Å²) in [4.78, 5) is 28.0. The molecule has 1 amide bonds. The van der Waals surface area contributed by atoms with Crippen LogP contribution in [0.2, 0.25) is 0 Å². The number of nitrogens with one attached hydrogen (secondary N) is 1. The Labute approximate surface area is 262 Å². The van der Waals surface area contributed by atoms with Gasteiger partial charge in [-0.25, -0.2) is 8.42 Å². The van der Waals surface area contributed by atoms with Gasteiger partial charge in [-0.15, -0.1) is 0 Å². The van der Waals surface area contributed by atoms with Crippen LogP contribution in [0.1, 0.15) is 122 Å². The Bertz CT molecular complexity index is 705. The molecule has 0 rings (SSSR count). The smallest absolute Gasteiger partial charge is 0.748 e. The monoisotopic (exact) mass is 583 g/mol. The van der Waals surface area contributed by atoms with E-state index in [1.807, 2.05) is 28.2 Å². The summed E-state index contributed by atoms with van der Waals surface area (Å²) in [6, 6.07) is 0. The maximum absolute atomic E-state index is 11.9. The van der Waals surface area contributed by atoms with Gasteiger partial charge in [0, 0.05) is 31.1 Å². The van der Waals surface area contributed by atoms with Crippen LogP contribution in [0, 0.1) is 0 Å². The third kappa shape index (κ3) is 29.3. The van der Waals surface area contributed by atoms with Gasteiger partial charge in [0.2, 0.25) is 5.91 Å². The molecule has 0 heterocycles. The molecule has 39 heavy (non-hydrogen) atoms. The molecule has 1 unspecified atom stereocenters. The van der Waals surface area contributed by atoms with Gasteiger partial charge in [-0.05, 0) is 86.2 Å². The molecule has 0 aromatic heterocycles. The fourth-order valence-electron chi connectivity index (χ4n) is 4.61. The number of Topliss-reactive ketones (excluding diaryl/α,β-unsaturated/α-hetero) is 1. The van der Waals surface area contributed by atoms with Crippen LogP contribution in [-0.2, 0) is 19.7 Å². The van der Waals surface area contributed by atoms with Gasteiger partial charge in [0.15, 0.2) is 0 Å². The Kier molecular flexibility index (Phi) is 28.3. The summed E-state index contributed by atoms with van der Waals surface area (Å²) < 4.78 is 35.0. The quantitative estimate of drug-likeness (QED) is 0.0896. The molecule has 0 bridgehead atoms. The number of ketones is 1. The van der Waals surface area contributed by atoms with Gasteiger partial charge in [-0.3, -0.25) is 9.59 Å². The Balaban J connectivity index is 0. The standard InChI is InChI=1S/C29H59N3O5S.Na/c1-31(2)25-17-16-20-27(33)19-12-8-7-10-14-22-28(38(35,36)37)21-13-9-5-6-11-15-23-29(34)30-24-18-26-32(3)4;/h28H,5-26H2,1-4H3,(H,30,34)(H,35,36,37);/q;+1/p-1. The molecule has 0 aromatic carbocycles. The first-order valence-corrected chi connectivity index (χ1v) is 16.5. The van der Waals surface area contributed by atoms with E-state index in [4.69, 9.17) is 0 Å². The van der Waals surface area contributed by atoms with Crippen LogP contribution in [-0.4, -0.2) is 87.5 Å². The third-order valence-corrected chi connectivity index (χ3v) is 8.27. The van der Waals surface area contributed by atoms with Crippen molar-refractivity contribution >= 4 is 21.8 Å². The molecule has 0 aliphatic heterocycles. The van der Waals surface area contributed by atoms with Crippen molar-refractivity contribution in [2.45, 2.75) is 127 Å². The van der Waals surface area contributed by atoms with Crippen molar-refractivity contribution in [1.82, 2.24) is 15.1 Å². The number of carbonyl (C=O) groups is 2. The summed E-state index contributed by atoms with van der Waals surface area (Å²) in [5, 5.41) is 2.18. The molecule has 0 saturated heterocycles. The number of rotatable bonds is 27. The molecule has 10 heteroatoms. The van der Waals surface area contributed by atoms with E-state index in [9.17, 15) is 22.6 Å². The van der Waals surface area contributed by atoms with Crippen molar-refractivity contribution in [3.63, 3.8) is 0 Å². The summed E-state index contributed by atoms with van der Waals surface area (Å²) in [5.74, 6) is 0.463. The molecule has 1 N–H and O–H groups in total. The molecule has 0 aliphatic carbocycles. The number of carbonyl (C=O) groups excluding carboxylic acids is 2. The van der Waals surface area contributed by atoms with E-state index < -0.39 is 15.4 Å². The summed E-state index contributed by atoms with van der Waals surface area (Å²) in [5.41, 5.74) is 0. The minimum atomic E-state index is -4.26. The van der Waals surface area contributed by atoms with Crippen LogP contribution in [0.3, 0.4) is 0 Å². The molecule has 1 atom stereocenters. The van der Waals surface area contributed by atoms with Crippen LogP contribution in [0.4, 0.5) is 0 Å². The molecule has 0 aromatic rings. The van der Waals surface area contributed by atoms with E-state index in [0.29, 0.717) is 37.9 Å². The summed E-state index contributed by atoms with van der Waals surface area (Å²) >= 11 is 0. The van der Waals surface area contributed by atoms with Crippen LogP contribution >= 0.6 is 0 Å². The van der Waals surface area contributed by atoms with Gasteiger partial charge < -0.3 is 19.7 Å².